The number of hydrogen-bond donors (Lipinski definition) is 2. The number of nitrogens with zero attached hydrogens (tertiary/aromatic N) is 2. The van der Waals surface area contributed by atoms with Gasteiger partial charge in [0.15, 0.2) is 0 Å². The first-order chi connectivity index (χ1) is 8.24. The lowest BCUT2D eigenvalue weighted by Gasteiger charge is -2.16. The van der Waals surface area contributed by atoms with Crippen LogP contribution in [0.4, 0.5) is 4.79 Å². The Labute approximate surface area is 102 Å². The van der Waals surface area contributed by atoms with E-state index in [0.717, 1.165) is 26.1 Å². The molecule has 1 atom stereocenters. The summed E-state index contributed by atoms with van der Waals surface area (Å²) in [6.07, 6.45) is 4.86. The molecule has 2 N–H and O–H groups in total. The Bertz CT molecular complexity index is 363. The first-order valence-corrected chi connectivity index (χ1v) is 6.03. The highest BCUT2D eigenvalue weighted by molar-refractivity contribution is 5.77. The first kappa shape index (κ1) is 12.0. The van der Waals surface area contributed by atoms with E-state index in [9.17, 15) is 4.79 Å². The van der Waals surface area contributed by atoms with Crippen LogP contribution < -0.4 is 5.32 Å². The summed E-state index contributed by atoms with van der Waals surface area (Å²) in [6.45, 7) is 2.56. The van der Waals surface area contributed by atoms with Gasteiger partial charge in [0.2, 0.25) is 0 Å². The molecule has 1 aromatic rings. The molecule has 0 aromatic carbocycles. The number of nitrogens with one attached hydrogen (secondary N) is 2. The van der Waals surface area contributed by atoms with Gasteiger partial charge in [-0.2, -0.15) is 0 Å². The molecule has 2 amide bonds. The second-order valence-corrected chi connectivity index (χ2v) is 4.46. The van der Waals surface area contributed by atoms with E-state index in [2.05, 4.69) is 10.3 Å². The molecular weight excluding hydrogens is 216 g/mol. The Hall–Kier alpha value is -1.49. The van der Waals surface area contributed by atoms with Gasteiger partial charge in [0.25, 0.3) is 0 Å². The number of aromatic nitrogens is 1. The quantitative estimate of drug-likeness (QED) is 0.750. The lowest BCUT2D eigenvalue weighted by Crippen LogP contribution is -2.31. The fourth-order valence-electron chi connectivity index (χ4n) is 2.27. The van der Waals surface area contributed by atoms with Crippen molar-refractivity contribution in [3.63, 3.8) is 0 Å². The Balaban J connectivity index is 1.97. The Morgan fingerprint density at radius 3 is 3.06 bits per heavy atom. The molecule has 5 heteroatoms. The van der Waals surface area contributed by atoms with Crippen LogP contribution in [0.5, 0.6) is 0 Å². The molecule has 17 heavy (non-hydrogen) atoms. The van der Waals surface area contributed by atoms with E-state index in [1.54, 1.807) is 0 Å². The minimum atomic E-state index is 0.132. The summed E-state index contributed by atoms with van der Waals surface area (Å²) >= 11 is 0. The van der Waals surface area contributed by atoms with Crippen molar-refractivity contribution in [2.45, 2.75) is 12.5 Å². The molecule has 0 saturated carbocycles. The number of urea groups is 1. The minimum Gasteiger partial charge on any atom is -0.367 e. The standard InChI is InChI=1S/C12H20N4O/c1-13-5-3-7-16-9-11(15(2)12(16)17)10-4-6-14-8-10/h4,6,8,11,13-14H,3,5,7,9H2,1-2H3. The molecule has 1 aromatic heterocycles. The van der Waals surface area contributed by atoms with Gasteiger partial charge >= 0.3 is 6.03 Å². The van der Waals surface area contributed by atoms with Gasteiger partial charge < -0.3 is 20.1 Å². The van der Waals surface area contributed by atoms with E-state index in [1.165, 1.54) is 5.56 Å². The topological polar surface area (TPSA) is 51.4 Å². The fraction of sp³-hybridized carbons (Fsp3) is 0.583. The third-order valence-electron chi connectivity index (χ3n) is 3.29. The summed E-state index contributed by atoms with van der Waals surface area (Å²) in [5.74, 6) is 0. The average molecular weight is 236 g/mol. The van der Waals surface area contributed by atoms with Crippen molar-refractivity contribution in [3.8, 4) is 0 Å². The van der Waals surface area contributed by atoms with Crippen molar-refractivity contribution in [2.24, 2.45) is 0 Å². The lowest BCUT2D eigenvalue weighted by molar-refractivity contribution is 0.195. The Morgan fingerprint density at radius 1 is 1.59 bits per heavy atom. The molecule has 0 bridgehead atoms. The third-order valence-corrected chi connectivity index (χ3v) is 3.29. The van der Waals surface area contributed by atoms with Gasteiger partial charge in [-0.05, 0) is 31.6 Å². The molecular formula is C12H20N4O. The smallest absolute Gasteiger partial charge is 0.320 e. The average Bonchev–Trinajstić information content (AvgIpc) is 2.93. The van der Waals surface area contributed by atoms with E-state index < -0.39 is 0 Å². The van der Waals surface area contributed by atoms with Crippen molar-refractivity contribution in [3.05, 3.63) is 24.0 Å². The van der Waals surface area contributed by atoms with Crippen molar-refractivity contribution >= 4 is 6.03 Å². The van der Waals surface area contributed by atoms with E-state index in [-0.39, 0.29) is 12.1 Å². The second kappa shape index (κ2) is 5.23. The third kappa shape index (κ3) is 2.44. The zero-order valence-electron chi connectivity index (χ0n) is 10.4. The van der Waals surface area contributed by atoms with E-state index >= 15 is 0 Å². The monoisotopic (exact) mass is 236 g/mol. The maximum atomic E-state index is 12.0. The summed E-state index contributed by atoms with van der Waals surface area (Å²) in [4.78, 5) is 18.8. The molecule has 1 aliphatic heterocycles. The number of aromatic amines is 1. The van der Waals surface area contributed by atoms with Gasteiger partial charge in [0.05, 0.1) is 6.04 Å². The number of H-pyrrole nitrogens is 1. The van der Waals surface area contributed by atoms with Crippen LogP contribution in [0.15, 0.2) is 18.5 Å². The van der Waals surface area contributed by atoms with Crippen molar-refractivity contribution in [1.29, 1.82) is 0 Å². The maximum absolute atomic E-state index is 12.0. The number of hydrogen-bond acceptors (Lipinski definition) is 2. The van der Waals surface area contributed by atoms with Gasteiger partial charge in [-0.3, -0.25) is 0 Å². The highest BCUT2D eigenvalue weighted by Gasteiger charge is 2.34. The lowest BCUT2D eigenvalue weighted by atomic mass is 10.1. The number of amides is 2. The second-order valence-electron chi connectivity index (χ2n) is 4.46. The normalized spacial score (nSPS) is 20.4. The largest absolute Gasteiger partial charge is 0.367 e. The zero-order valence-corrected chi connectivity index (χ0v) is 10.4. The van der Waals surface area contributed by atoms with Crippen molar-refractivity contribution < 1.29 is 4.79 Å². The molecule has 2 rings (SSSR count). The molecule has 0 aliphatic carbocycles. The Kier molecular flexibility index (Phi) is 3.68. The van der Waals surface area contributed by atoms with E-state index in [0.29, 0.717) is 0 Å². The summed E-state index contributed by atoms with van der Waals surface area (Å²) in [6, 6.07) is 2.35. The summed E-state index contributed by atoms with van der Waals surface area (Å²) in [5.41, 5.74) is 1.18. The highest BCUT2D eigenvalue weighted by atomic mass is 16.2. The van der Waals surface area contributed by atoms with Crippen LogP contribution in [0.3, 0.4) is 0 Å². The summed E-state index contributed by atoms with van der Waals surface area (Å²) < 4.78 is 0. The molecule has 1 unspecified atom stereocenters. The van der Waals surface area contributed by atoms with Gasteiger partial charge in [0.1, 0.15) is 0 Å². The van der Waals surface area contributed by atoms with E-state index in [4.69, 9.17) is 0 Å². The van der Waals surface area contributed by atoms with Crippen molar-refractivity contribution in [1.82, 2.24) is 20.1 Å². The van der Waals surface area contributed by atoms with Gasteiger partial charge in [-0.25, -0.2) is 4.79 Å². The van der Waals surface area contributed by atoms with Crippen LogP contribution in [0.25, 0.3) is 0 Å². The van der Waals surface area contributed by atoms with Crippen molar-refractivity contribution in [2.75, 3.05) is 33.7 Å². The summed E-state index contributed by atoms with van der Waals surface area (Å²) in [5, 5.41) is 3.10. The summed E-state index contributed by atoms with van der Waals surface area (Å²) in [7, 11) is 3.80. The molecule has 0 spiro atoms. The van der Waals surface area contributed by atoms with Crippen LogP contribution in [0.2, 0.25) is 0 Å². The van der Waals surface area contributed by atoms with Crippen LogP contribution in [0, 0.1) is 0 Å². The predicted octanol–water partition coefficient (Wildman–Crippen LogP) is 1.03. The highest BCUT2D eigenvalue weighted by Crippen LogP contribution is 2.27. The van der Waals surface area contributed by atoms with Gasteiger partial charge in [0, 0.05) is 32.5 Å². The van der Waals surface area contributed by atoms with Crippen LogP contribution >= 0.6 is 0 Å². The number of likely N-dealkylation sites (N-methyl/N-ethyl adjacent to an activating group) is 1. The van der Waals surface area contributed by atoms with Crippen LogP contribution in [-0.2, 0) is 0 Å². The molecule has 0 radical (unpaired) electrons. The molecule has 5 nitrogen and oxygen atoms in total. The van der Waals surface area contributed by atoms with Crippen LogP contribution in [0.1, 0.15) is 18.0 Å². The number of carbonyl (C=O) groups excluding carboxylic acids is 1. The Morgan fingerprint density at radius 2 is 2.41 bits per heavy atom. The number of carbonyl (C=O) groups is 1. The zero-order chi connectivity index (χ0) is 12.3. The molecule has 1 aliphatic rings. The fourth-order valence-corrected chi connectivity index (χ4v) is 2.27. The number of rotatable bonds is 5. The SMILES string of the molecule is CNCCCN1CC(c2cc[nH]c2)N(C)C1=O. The molecule has 2 heterocycles. The maximum Gasteiger partial charge on any atom is 0.320 e. The minimum absolute atomic E-state index is 0.132. The van der Waals surface area contributed by atoms with Crippen LogP contribution in [-0.4, -0.2) is 54.5 Å². The van der Waals surface area contributed by atoms with E-state index in [1.807, 2.05) is 42.4 Å². The predicted molar refractivity (Wildman–Crippen MR) is 66.8 cm³/mol. The van der Waals surface area contributed by atoms with Gasteiger partial charge in [-0.15, -0.1) is 0 Å². The molecule has 1 saturated heterocycles. The molecule has 94 valence electrons. The first-order valence-electron chi connectivity index (χ1n) is 6.03. The molecule has 1 fully saturated rings. The van der Waals surface area contributed by atoms with Gasteiger partial charge in [-0.1, -0.05) is 0 Å².